The Labute approximate surface area is 115 Å². The van der Waals surface area contributed by atoms with Gasteiger partial charge >= 0.3 is 0 Å². The Morgan fingerprint density at radius 1 is 1.29 bits per heavy atom. The van der Waals surface area contributed by atoms with Gasteiger partial charge in [-0.1, -0.05) is 19.1 Å². The van der Waals surface area contributed by atoms with E-state index in [0.717, 1.165) is 36.5 Å². The summed E-state index contributed by atoms with van der Waals surface area (Å²) in [4.78, 5) is 4.26. The number of nitrogens with zero attached hydrogens (tertiary/aromatic N) is 1. The van der Waals surface area contributed by atoms with E-state index in [1.165, 1.54) is 9.96 Å². The van der Waals surface area contributed by atoms with Gasteiger partial charge < -0.3 is 9.73 Å². The zero-order chi connectivity index (χ0) is 12.1. The van der Waals surface area contributed by atoms with Crippen LogP contribution in [0.15, 0.2) is 35.1 Å². The molecule has 1 aromatic heterocycles. The number of oxazole rings is 1. The summed E-state index contributed by atoms with van der Waals surface area (Å²) in [6.45, 7) is 3.90. The molecule has 1 aromatic carbocycles. The molecule has 0 spiro atoms. The molecule has 0 atom stereocenters. The van der Waals surface area contributed by atoms with Crippen molar-refractivity contribution in [3.63, 3.8) is 0 Å². The summed E-state index contributed by atoms with van der Waals surface area (Å²) < 4.78 is 6.69. The van der Waals surface area contributed by atoms with E-state index in [1.54, 1.807) is 0 Å². The van der Waals surface area contributed by atoms with Gasteiger partial charge in [0.05, 0.1) is 0 Å². The summed E-state index contributed by atoms with van der Waals surface area (Å²) in [6, 6.07) is 8.26. The predicted molar refractivity (Wildman–Crippen MR) is 76.7 cm³/mol. The minimum absolute atomic E-state index is 0.756. The molecule has 0 fully saturated rings. The normalized spacial score (nSPS) is 10.7. The number of rotatable bonds is 5. The highest BCUT2D eigenvalue weighted by molar-refractivity contribution is 14.1. The number of hydrogen-bond acceptors (Lipinski definition) is 3. The largest absolute Gasteiger partial charge is 0.443 e. The molecule has 3 nitrogen and oxygen atoms in total. The Balaban J connectivity index is 2.15. The maximum atomic E-state index is 5.47. The molecule has 90 valence electrons. The first-order chi connectivity index (χ1) is 8.31. The van der Waals surface area contributed by atoms with Crippen LogP contribution in [0.4, 0.5) is 0 Å². The maximum Gasteiger partial charge on any atom is 0.181 e. The first-order valence-corrected chi connectivity index (χ1v) is 6.78. The molecule has 0 bridgehead atoms. The van der Waals surface area contributed by atoms with Gasteiger partial charge in [0.1, 0.15) is 5.69 Å². The molecule has 0 aliphatic rings. The molecule has 0 saturated carbocycles. The molecule has 2 aromatic rings. The molecule has 0 aliphatic heterocycles. The number of aromatic nitrogens is 1. The van der Waals surface area contributed by atoms with Crippen molar-refractivity contribution in [2.24, 2.45) is 0 Å². The molecule has 2 rings (SSSR count). The molecule has 0 unspecified atom stereocenters. The summed E-state index contributed by atoms with van der Waals surface area (Å²) in [6.07, 6.45) is 2.63. The number of hydrogen-bond donors (Lipinski definition) is 1. The van der Waals surface area contributed by atoms with E-state index in [2.05, 4.69) is 64.1 Å². The van der Waals surface area contributed by atoms with E-state index in [-0.39, 0.29) is 0 Å². The second-order valence-electron chi connectivity index (χ2n) is 3.81. The summed E-state index contributed by atoms with van der Waals surface area (Å²) in [5, 5.41) is 3.34. The average Bonchev–Trinajstić information content (AvgIpc) is 2.79. The fourth-order valence-electron chi connectivity index (χ4n) is 1.61. The van der Waals surface area contributed by atoms with Gasteiger partial charge in [-0.15, -0.1) is 0 Å². The topological polar surface area (TPSA) is 38.1 Å². The van der Waals surface area contributed by atoms with Gasteiger partial charge in [0.2, 0.25) is 0 Å². The first-order valence-electron chi connectivity index (χ1n) is 5.70. The van der Waals surface area contributed by atoms with Crippen LogP contribution >= 0.6 is 22.6 Å². The summed E-state index contributed by atoms with van der Waals surface area (Å²) in [5.74, 6) is 0.866. The highest BCUT2D eigenvalue weighted by atomic mass is 127. The SMILES string of the molecule is CCCNCc1ncoc1-c1ccc(I)cc1. The average molecular weight is 342 g/mol. The van der Waals surface area contributed by atoms with Gasteiger partial charge in [0.25, 0.3) is 0 Å². The molecular weight excluding hydrogens is 327 g/mol. The third kappa shape index (κ3) is 3.29. The van der Waals surface area contributed by atoms with Crippen LogP contribution in [0, 0.1) is 3.57 Å². The second-order valence-corrected chi connectivity index (χ2v) is 5.06. The molecule has 1 N–H and O–H groups in total. The third-order valence-corrected chi connectivity index (χ3v) is 3.19. The Morgan fingerprint density at radius 3 is 2.76 bits per heavy atom. The van der Waals surface area contributed by atoms with Crippen LogP contribution in [0.1, 0.15) is 19.0 Å². The first kappa shape index (κ1) is 12.6. The molecule has 0 radical (unpaired) electrons. The van der Waals surface area contributed by atoms with E-state index in [9.17, 15) is 0 Å². The van der Waals surface area contributed by atoms with Gasteiger partial charge in [0.15, 0.2) is 12.2 Å². The molecule has 0 saturated heterocycles. The Morgan fingerprint density at radius 2 is 2.06 bits per heavy atom. The van der Waals surface area contributed by atoms with Crippen molar-refractivity contribution in [1.82, 2.24) is 10.3 Å². The van der Waals surface area contributed by atoms with Crippen molar-refractivity contribution < 1.29 is 4.42 Å². The lowest BCUT2D eigenvalue weighted by Crippen LogP contribution is -2.14. The van der Waals surface area contributed by atoms with Crippen LogP contribution in [0.3, 0.4) is 0 Å². The van der Waals surface area contributed by atoms with Crippen LogP contribution in [0.2, 0.25) is 0 Å². The minimum Gasteiger partial charge on any atom is -0.443 e. The summed E-state index contributed by atoms with van der Waals surface area (Å²) >= 11 is 2.29. The molecular formula is C13H15IN2O. The van der Waals surface area contributed by atoms with Gasteiger partial charge in [-0.25, -0.2) is 4.98 Å². The molecule has 17 heavy (non-hydrogen) atoms. The maximum absolute atomic E-state index is 5.47. The van der Waals surface area contributed by atoms with Gasteiger partial charge in [-0.3, -0.25) is 0 Å². The van der Waals surface area contributed by atoms with E-state index in [0.29, 0.717) is 0 Å². The van der Waals surface area contributed by atoms with E-state index in [1.807, 2.05) is 0 Å². The van der Waals surface area contributed by atoms with Gasteiger partial charge in [-0.05, 0) is 47.7 Å². The van der Waals surface area contributed by atoms with Crippen molar-refractivity contribution in [1.29, 1.82) is 0 Å². The molecule has 4 heteroatoms. The highest BCUT2D eigenvalue weighted by Gasteiger charge is 2.09. The zero-order valence-corrected chi connectivity index (χ0v) is 11.9. The van der Waals surface area contributed by atoms with Crippen LogP contribution in [0.5, 0.6) is 0 Å². The summed E-state index contributed by atoms with van der Waals surface area (Å²) in [5.41, 5.74) is 2.05. The minimum atomic E-state index is 0.756. The molecule has 1 heterocycles. The Bertz CT molecular complexity index is 465. The predicted octanol–water partition coefficient (Wildman–Crippen LogP) is 3.45. The van der Waals surface area contributed by atoms with Crippen molar-refractivity contribution in [3.05, 3.63) is 39.9 Å². The van der Waals surface area contributed by atoms with Crippen molar-refractivity contribution >= 4 is 22.6 Å². The van der Waals surface area contributed by atoms with Gasteiger partial charge in [-0.2, -0.15) is 0 Å². The zero-order valence-electron chi connectivity index (χ0n) is 9.74. The number of benzene rings is 1. The van der Waals surface area contributed by atoms with Crippen LogP contribution < -0.4 is 5.32 Å². The van der Waals surface area contributed by atoms with Crippen molar-refractivity contribution in [3.8, 4) is 11.3 Å². The standard InChI is InChI=1S/C13H15IN2O/c1-2-7-15-8-12-13(17-9-16-12)10-3-5-11(14)6-4-10/h3-6,9,15H,2,7-8H2,1H3. The van der Waals surface area contributed by atoms with E-state index >= 15 is 0 Å². The smallest absolute Gasteiger partial charge is 0.181 e. The lowest BCUT2D eigenvalue weighted by molar-refractivity contribution is 0.569. The van der Waals surface area contributed by atoms with Gasteiger partial charge in [0, 0.05) is 15.7 Å². The Hall–Kier alpha value is -0.880. The van der Waals surface area contributed by atoms with Crippen LogP contribution in [0.25, 0.3) is 11.3 Å². The molecule has 0 aliphatic carbocycles. The third-order valence-electron chi connectivity index (χ3n) is 2.47. The van der Waals surface area contributed by atoms with E-state index in [4.69, 9.17) is 4.42 Å². The van der Waals surface area contributed by atoms with Crippen LogP contribution in [-0.2, 0) is 6.54 Å². The lowest BCUT2D eigenvalue weighted by Gasteiger charge is -2.03. The fourth-order valence-corrected chi connectivity index (χ4v) is 1.97. The van der Waals surface area contributed by atoms with Crippen molar-refractivity contribution in [2.75, 3.05) is 6.54 Å². The number of nitrogens with one attached hydrogen (secondary N) is 1. The monoisotopic (exact) mass is 342 g/mol. The van der Waals surface area contributed by atoms with Crippen LogP contribution in [-0.4, -0.2) is 11.5 Å². The Kier molecular flexibility index (Phi) is 4.56. The number of halogens is 1. The molecule has 0 amide bonds. The van der Waals surface area contributed by atoms with E-state index < -0.39 is 0 Å². The quantitative estimate of drug-likeness (QED) is 0.668. The second kappa shape index (κ2) is 6.16. The summed E-state index contributed by atoms with van der Waals surface area (Å²) in [7, 11) is 0. The lowest BCUT2D eigenvalue weighted by atomic mass is 10.1. The van der Waals surface area contributed by atoms with Crippen molar-refractivity contribution in [2.45, 2.75) is 19.9 Å². The fraction of sp³-hybridized carbons (Fsp3) is 0.308. The highest BCUT2D eigenvalue weighted by Crippen LogP contribution is 2.23.